The number of benzene rings is 1. The summed E-state index contributed by atoms with van der Waals surface area (Å²) in [5.41, 5.74) is 0.586. The van der Waals surface area contributed by atoms with E-state index in [0.717, 1.165) is 0 Å². The summed E-state index contributed by atoms with van der Waals surface area (Å²) in [7, 11) is 0. The molecule has 1 heterocycles. The van der Waals surface area contributed by atoms with Crippen molar-refractivity contribution in [3.63, 3.8) is 0 Å². The van der Waals surface area contributed by atoms with Crippen LogP contribution in [-0.4, -0.2) is 21.2 Å². The van der Waals surface area contributed by atoms with Crippen LogP contribution in [0.5, 0.6) is 0 Å². The van der Waals surface area contributed by atoms with Gasteiger partial charge in [-0.25, -0.2) is 0 Å². The molecule has 0 saturated carbocycles. The molecular formula is C12H10Cl2N2O3. The number of rotatable bonds is 5. The van der Waals surface area contributed by atoms with Crippen LogP contribution in [0.1, 0.15) is 18.7 Å². The van der Waals surface area contributed by atoms with Gasteiger partial charge in [0.15, 0.2) is 0 Å². The summed E-state index contributed by atoms with van der Waals surface area (Å²) in [5, 5.41) is 13.1. The van der Waals surface area contributed by atoms with Gasteiger partial charge in [-0.1, -0.05) is 34.4 Å². The van der Waals surface area contributed by atoms with E-state index in [1.165, 1.54) is 0 Å². The summed E-state index contributed by atoms with van der Waals surface area (Å²) in [6, 6.07) is 5.14. The van der Waals surface area contributed by atoms with Gasteiger partial charge in [0.05, 0.1) is 10.0 Å². The molecule has 0 amide bonds. The fraction of sp³-hybridized carbons (Fsp3) is 0.250. The summed E-state index contributed by atoms with van der Waals surface area (Å²) in [4.78, 5) is 14.6. The Morgan fingerprint density at radius 1 is 1.37 bits per heavy atom. The van der Waals surface area contributed by atoms with Crippen LogP contribution in [0.25, 0.3) is 11.4 Å². The van der Waals surface area contributed by atoms with E-state index in [1.54, 1.807) is 18.2 Å². The van der Waals surface area contributed by atoms with Crippen LogP contribution in [0.3, 0.4) is 0 Å². The van der Waals surface area contributed by atoms with Crippen molar-refractivity contribution in [3.8, 4) is 11.4 Å². The lowest BCUT2D eigenvalue weighted by atomic mass is 10.2. The SMILES string of the molecule is O=C(O)CCCc1nc(-c2cccc(Cl)c2Cl)no1. The maximum Gasteiger partial charge on any atom is 0.303 e. The summed E-state index contributed by atoms with van der Waals surface area (Å²) < 4.78 is 5.04. The lowest BCUT2D eigenvalue weighted by molar-refractivity contribution is -0.137. The van der Waals surface area contributed by atoms with E-state index < -0.39 is 5.97 Å². The second kappa shape index (κ2) is 6.04. The number of halogens is 2. The number of nitrogens with zero attached hydrogens (tertiary/aromatic N) is 2. The summed E-state index contributed by atoms with van der Waals surface area (Å²) in [6.45, 7) is 0. The summed E-state index contributed by atoms with van der Waals surface area (Å²) >= 11 is 12.0. The molecule has 19 heavy (non-hydrogen) atoms. The molecule has 2 aromatic rings. The van der Waals surface area contributed by atoms with Crippen molar-refractivity contribution in [1.29, 1.82) is 0 Å². The van der Waals surface area contributed by atoms with Gasteiger partial charge in [0, 0.05) is 18.4 Å². The minimum atomic E-state index is -0.849. The lowest BCUT2D eigenvalue weighted by Gasteiger charge is -1.99. The first-order valence-corrected chi connectivity index (χ1v) is 6.32. The first-order chi connectivity index (χ1) is 9.08. The van der Waals surface area contributed by atoms with Crippen LogP contribution in [0.15, 0.2) is 22.7 Å². The van der Waals surface area contributed by atoms with Gasteiger partial charge >= 0.3 is 5.97 Å². The van der Waals surface area contributed by atoms with Gasteiger partial charge in [-0.3, -0.25) is 4.79 Å². The number of aromatic nitrogens is 2. The first kappa shape index (κ1) is 13.8. The smallest absolute Gasteiger partial charge is 0.303 e. The molecule has 0 unspecified atom stereocenters. The van der Waals surface area contributed by atoms with E-state index in [4.69, 9.17) is 32.8 Å². The number of aryl methyl sites for hydroxylation is 1. The largest absolute Gasteiger partial charge is 0.481 e. The highest BCUT2D eigenvalue weighted by Gasteiger charge is 2.13. The van der Waals surface area contributed by atoms with Gasteiger partial charge in [-0.2, -0.15) is 4.98 Å². The molecule has 0 spiro atoms. The molecule has 5 nitrogen and oxygen atoms in total. The number of carboxylic acids is 1. The zero-order chi connectivity index (χ0) is 13.8. The molecule has 2 rings (SSSR count). The van der Waals surface area contributed by atoms with Crippen LogP contribution < -0.4 is 0 Å². The van der Waals surface area contributed by atoms with E-state index in [-0.39, 0.29) is 6.42 Å². The molecule has 1 aromatic heterocycles. The molecule has 0 aliphatic carbocycles. The van der Waals surface area contributed by atoms with Gasteiger partial charge in [-0.05, 0) is 18.6 Å². The van der Waals surface area contributed by atoms with Crippen LogP contribution in [0, 0.1) is 0 Å². The molecule has 0 saturated heterocycles. The quantitative estimate of drug-likeness (QED) is 0.915. The Labute approximate surface area is 119 Å². The standard InChI is InChI=1S/C12H10Cl2N2O3/c13-8-4-1-3-7(11(8)14)12-15-9(19-16-12)5-2-6-10(17)18/h1,3-4H,2,5-6H2,(H,17,18). The van der Waals surface area contributed by atoms with E-state index >= 15 is 0 Å². The predicted octanol–water partition coefficient (Wildman–Crippen LogP) is 3.45. The summed E-state index contributed by atoms with van der Waals surface area (Å²) in [5.74, 6) is -0.122. The first-order valence-electron chi connectivity index (χ1n) is 5.56. The molecule has 7 heteroatoms. The van der Waals surface area contributed by atoms with Crippen LogP contribution >= 0.6 is 23.2 Å². The second-order valence-electron chi connectivity index (χ2n) is 3.86. The van der Waals surface area contributed by atoms with E-state index in [9.17, 15) is 4.79 Å². The van der Waals surface area contributed by atoms with Gasteiger partial charge in [-0.15, -0.1) is 0 Å². The second-order valence-corrected chi connectivity index (χ2v) is 4.65. The van der Waals surface area contributed by atoms with Gasteiger partial charge in [0.25, 0.3) is 0 Å². The Morgan fingerprint density at radius 3 is 2.89 bits per heavy atom. The zero-order valence-electron chi connectivity index (χ0n) is 9.77. The molecule has 0 aliphatic heterocycles. The van der Waals surface area contributed by atoms with Gasteiger partial charge in [0.2, 0.25) is 11.7 Å². The third-order valence-electron chi connectivity index (χ3n) is 2.44. The van der Waals surface area contributed by atoms with Gasteiger partial charge < -0.3 is 9.63 Å². The molecule has 0 aliphatic rings. The summed E-state index contributed by atoms with van der Waals surface area (Å²) in [6.07, 6.45) is 0.924. The topological polar surface area (TPSA) is 76.2 Å². The third kappa shape index (κ3) is 3.45. The number of hydrogen-bond donors (Lipinski definition) is 1. The Kier molecular flexibility index (Phi) is 4.39. The predicted molar refractivity (Wildman–Crippen MR) is 70.3 cm³/mol. The molecule has 1 N–H and O–H groups in total. The monoisotopic (exact) mass is 300 g/mol. The minimum absolute atomic E-state index is 0.0651. The molecule has 0 fully saturated rings. The van der Waals surface area contributed by atoms with Crippen LogP contribution in [-0.2, 0) is 11.2 Å². The van der Waals surface area contributed by atoms with Crippen molar-refractivity contribution in [2.75, 3.05) is 0 Å². The van der Waals surface area contributed by atoms with Crippen molar-refractivity contribution < 1.29 is 14.4 Å². The number of carbonyl (C=O) groups is 1. The Balaban J connectivity index is 2.12. The Morgan fingerprint density at radius 2 is 2.16 bits per heavy atom. The number of hydrogen-bond acceptors (Lipinski definition) is 4. The zero-order valence-corrected chi connectivity index (χ0v) is 11.3. The Bertz CT molecular complexity index is 598. The Hall–Kier alpha value is -1.59. The molecule has 0 atom stereocenters. The van der Waals surface area contributed by atoms with E-state index in [1.807, 2.05) is 0 Å². The fourth-order valence-corrected chi connectivity index (χ4v) is 1.92. The molecule has 1 aromatic carbocycles. The fourth-order valence-electron chi connectivity index (χ4n) is 1.53. The van der Waals surface area contributed by atoms with Crippen molar-refractivity contribution in [1.82, 2.24) is 10.1 Å². The highest BCUT2D eigenvalue weighted by atomic mass is 35.5. The van der Waals surface area contributed by atoms with E-state index in [2.05, 4.69) is 10.1 Å². The average Bonchev–Trinajstić information content (AvgIpc) is 2.81. The van der Waals surface area contributed by atoms with Crippen molar-refractivity contribution in [3.05, 3.63) is 34.1 Å². The molecular weight excluding hydrogens is 291 g/mol. The van der Waals surface area contributed by atoms with Crippen LogP contribution in [0.2, 0.25) is 10.0 Å². The average molecular weight is 301 g/mol. The van der Waals surface area contributed by atoms with Crippen LogP contribution in [0.4, 0.5) is 0 Å². The molecule has 0 bridgehead atoms. The number of aliphatic carboxylic acids is 1. The normalized spacial score (nSPS) is 10.6. The molecule has 100 valence electrons. The number of carboxylic acid groups (broad SMARTS) is 1. The van der Waals surface area contributed by atoms with Gasteiger partial charge in [0.1, 0.15) is 0 Å². The molecule has 0 radical (unpaired) electrons. The van der Waals surface area contributed by atoms with E-state index in [0.29, 0.717) is 40.2 Å². The lowest BCUT2D eigenvalue weighted by Crippen LogP contribution is -1.96. The highest BCUT2D eigenvalue weighted by molar-refractivity contribution is 6.43. The third-order valence-corrected chi connectivity index (χ3v) is 3.26. The maximum atomic E-state index is 10.4. The van der Waals surface area contributed by atoms with Crippen molar-refractivity contribution >= 4 is 29.2 Å². The van der Waals surface area contributed by atoms with Crippen molar-refractivity contribution in [2.24, 2.45) is 0 Å². The van der Waals surface area contributed by atoms with Crippen molar-refractivity contribution in [2.45, 2.75) is 19.3 Å². The highest BCUT2D eigenvalue weighted by Crippen LogP contribution is 2.31. The minimum Gasteiger partial charge on any atom is -0.481 e. The maximum absolute atomic E-state index is 10.4.